The van der Waals surface area contributed by atoms with Gasteiger partial charge in [-0.3, -0.25) is 4.68 Å². The molecule has 2 heterocycles. The number of hydrogen-bond acceptors (Lipinski definition) is 5. The van der Waals surface area contributed by atoms with Gasteiger partial charge in [0.15, 0.2) is 5.82 Å². The lowest BCUT2D eigenvalue weighted by atomic mass is 10.4. The first-order valence-corrected chi connectivity index (χ1v) is 8.19. The topological polar surface area (TPSA) is 89.8 Å². The lowest BCUT2D eigenvalue weighted by Gasteiger charge is -2.07. The van der Waals surface area contributed by atoms with E-state index >= 15 is 0 Å². The van der Waals surface area contributed by atoms with Gasteiger partial charge in [-0.1, -0.05) is 11.6 Å². The second-order valence-corrected chi connectivity index (χ2v) is 6.93. The van der Waals surface area contributed by atoms with Crippen LogP contribution in [-0.4, -0.2) is 34.7 Å². The highest BCUT2D eigenvalue weighted by atomic mass is 79.9. The summed E-state index contributed by atoms with van der Waals surface area (Å²) in [4.78, 5) is 7.73. The summed E-state index contributed by atoms with van der Waals surface area (Å²) in [6, 6.07) is 1.40. The monoisotopic (exact) mass is 379 g/mol. The Morgan fingerprint density at radius 1 is 1.45 bits per heavy atom. The molecule has 7 nitrogen and oxygen atoms in total. The SMILES string of the molecule is Cn1cnc(CCNS(=O)(=O)c2cc(Br)cnc2Cl)n1. The highest BCUT2D eigenvalue weighted by Crippen LogP contribution is 2.22. The molecule has 2 aromatic heterocycles. The summed E-state index contributed by atoms with van der Waals surface area (Å²) in [6.45, 7) is 0.176. The Hall–Kier alpha value is -1.03. The van der Waals surface area contributed by atoms with Crippen molar-refractivity contribution in [3.8, 4) is 0 Å². The molecule has 10 heteroatoms. The molecule has 0 radical (unpaired) electrons. The molecular formula is C10H11BrClN5O2S. The molecule has 0 spiro atoms. The fourth-order valence-electron chi connectivity index (χ4n) is 1.47. The van der Waals surface area contributed by atoms with Crippen molar-refractivity contribution < 1.29 is 8.42 Å². The van der Waals surface area contributed by atoms with Gasteiger partial charge in [-0.05, 0) is 22.0 Å². The number of aryl methyl sites for hydroxylation is 1. The van der Waals surface area contributed by atoms with Gasteiger partial charge in [0.25, 0.3) is 0 Å². The molecule has 0 saturated carbocycles. The van der Waals surface area contributed by atoms with Gasteiger partial charge in [0.1, 0.15) is 16.4 Å². The third-order valence-corrected chi connectivity index (χ3v) is 4.67. The Morgan fingerprint density at radius 3 is 2.85 bits per heavy atom. The highest BCUT2D eigenvalue weighted by Gasteiger charge is 2.19. The van der Waals surface area contributed by atoms with Gasteiger partial charge in [-0.15, -0.1) is 0 Å². The van der Waals surface area contributed by atoms with E-state index in [0.717, 1.165) is 0 Å². The second-order valence-electron chi connectivity index (χ2n) is 3.92. The van der Waals surface area contributed by atoms with E-state index in [9.17, 15) is 8.42 Å². The van der Waals surface area contributed by atoms with Crippen LogP contribution in [0.5, 0.6) is 0 Å². The van der Waals surface area contributed by atoms with Crippen molar-refractivity contribution in [2.45, 2.75) is 11.3 Å². The third-order valence-electron chi connectivity index (χ3n) is 2.35. The minimum absolute atomic E-state index is 0.0671. The highest BCUT2D eigenvalue weighted by molar-refractivity contribution is 9.10. The summed E-state index contributed by atoms with van der Waals surface area (Å²) < 4.78 is 28.7. The van der Waals surface area contributed by atoms with Crippen molar-refractivity contribution >= 4 is 37.6 Å². The number of hydrogen-bond donors (Lipinski definition) is 1. The normalized spacial score (nSPS) is 11.8. The lowest BCUT2D eigenvalue weighted by Crippen LogP contribution is -2.26. The number of halogens is 2. The Labute approximate surface area is 129 Å². The zero-order valence-electron chi connectivity index (χ0n) is 10.4. The fourth-order valence-corrected chi connectivity index (χ4v) is 3.44. The molecule has 0 atom stereocenters. The summed E-state index contributed by atoms with van der Waals surface area (Å²) in [5.74, 6) is 0.564. The quantitative estimate of drug-likeness (QED) is 0.786. The van der Waals surface area contributed by atoms with Crippen molar-refractivity contribution in [2.24, 2.45) is 7.05 Å². The van der Waals surface area contributed by atoms with E-state index < -0.39 is 10.0 Å². The molecule has 0 unspecified atom stereocenters. The van der Waals surface area contributed by atoms with E-state index in [-0.39, 0.29) is 16.6 Å². The number of pyridine rings is 1. The summed E-state index contributed by atoms with van der Waals surface area (Å²) in [5.41, 5.74) is 0. The summed E-state index contributed by atoms with van der Waals surface area (Å²) in [5, 5.41) is 3.99. The number of nitrogens with zero attached hydrogens (tertiary/aromatic N) is 4. The van der Waals surface area contributed by atoms with E-state index in [1.165, 1.54) is 12.3 Å². The van der Waals surface area contributed by atoms with Crippen LogP contribution in [0.25, 0.3) is 0 Å². The van der Waals surface area contributed by atoms with E-state index in [1.54, 1.807) is 18.1 Å². The number of nitrogens with one attached hydrogen (secondary N) is 1. The largest absolute Gasteiger partial charge is 0.256 e. The van der Waals surface area contributed by atoms with Gasteiger partial charge in [0.2, 0.25) is 10.0 Å². The van der Waals surface area contributed by atoms with Gasteiger partial charge >= 0.3 is 0 Å². The Bertz CT molecular complexity index is 718. The lowest BCUT2D eigenvalue weighted by molar-refractivity contribution is 0.580. The summed E-state index contributed by atoms with van der Waals surface area (Å²) in [7, 11) is -1.97. The first-order chi connectivity index (χ1) is 9.38. The van der Waals surface area contributed by atoms with Crippen LogP contribution in [0, 0.1) is 0 Å². The minimum atomic E-state index is -3.71. The molecule has 0 amide bonds. The van der Waals surface area contributed by atoms with Gasteiger partial charge < -0.3 is 0 Å². The van der Waals surface area contributed by atoms with Crippen molar-refractivity contribution in [3.63, 3.8) is 0 Å². The van der Waals surface area contributed by atoms with E-state index in [4.69, 9.17) is 11.6 Å². The minimum Gasteiger partial charge on any atom is -0.256 e. The predicted molar refractivity (Wildman–Crippen MR) is 76.8 cm³/mol. The van der Waals surface area contributed by atoms with Crippen LogP contribution in [0.3, 0.4) is 0 Å². The molecule has 1 N–H and O–H groups in total. The molecule has 20 heavy (non-hydrogen) atoms. The van der Waals surface area contributed by atoms with Crippen LogP contribution in [0.4, 0.5) is 0 Å². The first kappa shape index (κ1) is 15.4. The van der Waals surface area contributed by atoms with Crippen LogP contribution in [-0.2, 0) is 23.5 Å². The van der Waals surface area contributed by atoms with Gasteiger partial charge in [-0.25, -0.2) is 23.1 Å². The average molecular weight is 381 g/mol. The maximum absolute atomic E-state index is 12.1. The van der Waals surface area contributed by atoms with Crippen molar-refractivity contribution in [1.29, 1.82) is 0 Å². The molecule has 108 valence electrons. The zero-order chi connectivity index (χ0) is 14.8. The van der Waals surface area contributed by atoms with Gasteiger partial charge in [-0.2, -0.15) is 5.10 Å². The zero-order valence-corrected chi connectivity index (χ0v) is 13.6. The van der Waals surface area contributed by atoms with Gasteiger partial charge in [0.05, 0.1) is 0 Å². The maximum Gasteiger partial charge on any atom is 0.243 e. The van der Waals surface area contributed by atoms with E-state index in [1.807, 2.05) is 0 Å². The molecule has 0 saturated heterocycles. The molecule has 0 aliphatic rings. The van der Waals surface area contributed by atoms with Crippen LogP contribution in [0.1, 0.15) is 5.82 Å². The molecule has 0 aliphatic carbocycles. The Balaban J connectivity index is 2.06. The third kappa shape index (κ3) is 3.75. The molecule has 0 fully saturated rings. The standard InChI is InChI=1S/C10H11BrClN5O2S/c1-17-6-14-9(16-17)2-3-15-20(18,19)8-4-7(11)5-13-10(8)12/h4-6,15H,2-3H2,1H3. The first-order valence-electron chi connectivity index (χ1n) is 5.54. The molecule has 0 aromatic carbocycles. The predicted octanol–water partition coefficient (Wildman–Crippen LogP) is 1.15. The smallest absolute Gasteiger partial charge is 0.243 e. The van der Waals surface area contributed by atoms with Crippen molar-refractivity contribution in [3.05, 3.63) is 34.0 Å². The number of rotatable bonds is 5. The number of aromatic nitrogens is 4. The van der Waals surface area contributed by atoms with Crippen LogP contribution in [0.2, 0.25) is 5.15 Å². The Morgan fingerprint density at radius 2 is 2.20 bits per heavy atom. The van der Waals surface area contributed by atoms with Gasteiger partial charge in [0, 0.05) is 30.7 Å². The fraction of sp³-hybridized carbons (Fsp3) is 0.300. The average Bonchev–Trinajstić information content (AvgIpc) is 2.78. The molecular weight excluding hydrogens is 370 g/mol. The van der Waals surface area contributed by atoms with E-state index in [0.29, 0.717) is 16.7 Å². The van der Waals surface area contributed by atoms with E-state index in [2.05, 4.69) is 35.7 Å². The second kappa shape index (κ2) is 6.17. The summed E-state index contributed by atoms with van der Waals surface area (Å²) in [6.07, 6.45) is 3.37. The molecule has 2 aromatic rings. The van der Waals surface area contributed by atoms with Crippen molar-refractivity contribution in [1.82, 2.24) is 24.5 Å². The number of sulfonamides is 1. The molecule has 0 aliphatic heterocycles. The molecule has 2 rings (SSSR count). The van der Waals surface area contributed by atoms with Crippen molar-refractivity contribution in [2.75, 3.05) is 6.54 Å². The van der Waals surface area contributed by atoms with Crippen LogP contribution >= 0.6 is 27.5 Å². The maximum atomic E-state index is 12.1. The summed E-state index contributed by atoms with van der Waals surface area (Å²) >= 11 is 8.96. The molecule has 0 bridgehead atoms. The van der Waals surface area contributed by atoms with Crippen LogP contribution in [0.15, 0.2) is 28.0 Å². The Kier molecular flexibility index (Phi) is 4.74. The van der Waals surface area contributed by atoms with Crippen LogP contribution < -0.4 is 4.72 Å².